The highest BCUT2D eigenvalue weighted by Crippen LogP contribution is 2.15. The van der Waals surface area contributed by atoms with Crippen molar-refractivity contribution in [3.05, 3.63) is 28.9 Å². The Bertz CT molecular complexity index is 498. The van der Waals surface area contributed by atoms with Gasteiger partial charge in [0.05, 0.1) is 22.6 Å². The van der Waals surface area contributed by atoms with E-state index in [2.05, 4.69) is 29.2 Å². The normalized spacial score (nSPS) is 11.4. The zero-order chi connectivity index (χ0) is 13.1. The summed E-state index contributed by atoms with van der Waals surface area (Å²) in [6.07, 6.45) is 3.32. The molecule has 0 aromatic carbocycles. The van der Waals surface area contributed by atoms with Crippen LogP contribution in [0.4, 0.5) is 0 Å². The smallest absolute Gasteiger partial charge is 0.322 e. The van der Waals surface area contributed by atoms with Crippen LogP contribution in [0.3, 0.4) is 0 Å². The van der Waals surface area contributed by atoms with E-state index in [1.54, 1.807) is 17.1 Å². The fourth-order valence-electron chi connectivity index (χ4n) is 1.51. The van der Waals surface area contributed by atoms with Gasteiger partial charge >= 0.3 is 6.01 Å². The van der Waals surface area contributed by atoms with Gasteiger partial charge in [-0.3, -0.25) is 0 Å². The fraction of sp³-hybridized carbons (Fsp3) is 0.500. The van der Waals surface area contributed by atoms with Gasteiger partial charge in [0, 0.05) is 6.54 Å². The summed E-state index contributed by atoms with van der Waals surface area (Å²) in [7, 11) is 0. The minimum Gasteiger partial charge on any atom is -0.430 e. The van der Waals surface area contributed by atoms with E-state index in [4.69, 9.17) is 16.0 Å². The molecule has 0 fully saturated rings. The molecule has 0 unspecified atom stereocenters. The van der Waals surface area contributed by atoms with Crippen molar-refractivity contribution in [3.63, 3.8) is 0 Å². The first-order chi connectivity index (χ1) is 8.56. The summed E-state index contributed by atoms with van der Waals surface area (Å²) in [6, 6.07) is 0.436. The molecule has 2 rings (SSSR count). The van der Waals surface area contributed by atoms with E-state index < -0.39 is 0 Å². The molecule has 0 amide bonds. The van der Waals surface area contributed by atoms with Gasteiger partial charge in [-0.1, -0.05) is 25.4 Å². The first kappa shape index (κ1) is 13.1. The molecule has 0 radical (unpaired) electrons. The highest BCUT2D eigenvalue weighted by molar-refractivity contribution is 6.31. The number of aromatic nitrogens is 3. The number of hydrogen-bond acceptors (Lipinski definition) is 4. The molecule has 2 aromatic heterocycles. The molecule has 5 nitrogen and oxygen atoms in total. The Hall–Kier alpha value is -1.33. The van der Waals surface area contributed by atoms with E-state index in [1.165, 1.54) is 0 Å². The average Bonchev–Trinajstić information content (AvgIpc) is 2.87. The lowest BCUT2D eigenvalue weighted by atomic mass is 10.2. The minimum atomic E-state index is 0.436. The topological polar surface area (TPSA) is 55.9 Å². The number of rotatable bonds is 5. The molecule has 0 bridgehead atoms. The third-order valence-electron chi connectivity index (χ3n) is 2.43. The van der Waals surface area contributed by atoms with Crippen molar-refractivity contribution in [3.8, 4) is 6.01 Å². The Morgan fingerprint density at radius 3 is 2.89 bits per heavy atom. The average molecular weight is 269 g/mol. The van der Waals surface area contributed by atoms with Gasteiger partial charge in [-0.2, -0.15) is 14.8 Å². The minimum absolute atomic E-state index is 0.436. The van der Waals surface area contributed by atoms with Crippen molar-refractivity contribution >= 4 is 11.6 Å². The maximum atomic E-state index is 5.94. The Morgan fingerprint density at radius 1 is 1.50 bits per heavy atom. The molecule has 0 aliphatic carbocycles. The molecule has 0 aliphatic heterocycles. The van der Waals surface area contributed by atoms with Crippen molar-refractivity contribution in [1.29, 1.82) is 0 Å². The lowest BCUT2D eigenvalue weighted by Crippen LogP contribution is -2.19. The van der Waals surface area contributed by atoms with Crippen molar-refractivity contribution in [2.24, 2.45) is 5.92 Å². The quantitative estimate of drug-likeness (QED) is 0.906. The maximum Gasteiger partial charge on any atom is 0.322 e. The number of aryl methyl sites for hydroxylation is 1. The van der Waals surface area contributed by atoms with E-state index in [0.29, 0.717) is 23.5 Å². The van der Waals surface area contributed by atoms with Crippen LogP contribution in [-0.4, -0.2) is 21.3 Å². The van der Waals surface area contributed by atoms with E-state index >= 15 is 0 Å². The van der Waals surface area contributed by atoms with Gasteiger partial charge in [0.15, 0.2) is 0 Å². The molecule has 0 spiro atoms. The van der Waals surface area contributed by atoms with Gasteiger partial charge in [0.2, 0.25) is 0 Å². The zero-order valence-corrected chi connectivity index (χ0v) is 11.5. The molecule has 2 aromatic rings. The standard InChI is InChI=1S/C12H17ClN4O/c1-8(2)4-14-5-10-7-18-12(15-10)17-6-11(13)9(3)16-17/h6-8,14H,4-5H2,1-3H3. The molecule has 0 saturated carbocycles. The highest BCUT2D eigenvalue weighted by atomic mass is 35.5. The lowest BCUT2D eigenvalue weighted by molar-refractivity contribution is 0.507. The first-order valence-corrected chi connectivity index (χ1v) is 6.31. The monoisotopic (exact) mass is 268 g/mol. The van der Waals surface area contributed by atoms with Crippen molar-refractivity contribution in [2.75, 3.05) is 6.54 Å². The number of oxazole rings is 1. The Balaban J connectivity index is 2.01. The molecule has 2 heterocycles. The third-order valence-corrected chi connectivity index (χ3v) is 2.80. The van der Waals surface area contributed by atoms with Crippen molar-refractivity contribution < 1.29 is 4.42 Å². The van der Waals surface area contributed by atoms with Gasteiger partial charge in [0.25, 0.3) is 0 Å². The second-order valence-electron chi connectivity index (χ2n) is 4.65. The molecule has 0 aliphatic rings. The second kappa shape index (κ2) is 5.54. The Kier molecular flexibility index (Phi) is 4.04. The summed E-state index contributed by atoms with van der Waals surface area (Å²) in [6.45, 7) is 7.81. The predicted octanol–water partition coefficient (Wildman–Crippen LogP) is 2.57. The number of hydrogen-bond donors (Lipinski definition) is 1. The van der Waals surface area contributed by atoms with Crippen LogP contribution in [0.25, 0.3) is 6.01 Å². The van der Waals surface area contributed by atoms with Crippen LogP contribution in [0.1, 0.15) is 25.2 Å². The molecule has 0 atom stereocenters. The van der Waals surface area contributed by atoms with Crippen LogP contribution in [0.15, 0.2) is 16.9 Å². The van der Waals surface area contributed by atoms with Crippen LogP contribution in [-0.2, 0) is 6.54 Å². The summed E-state index contributed by atoms with van der Waals surface area (Å²) in [5.41, 5.74) is 1.62. The molecule has 1 N–H and O–H groups in total. The SMILES string of the molecule is Cc1nn(-c2nc(CNCC(C)C)co2)cc1Cl. The van der Waals surface area contributed by atoms with Crippen LogP contribution in [0, 0.1) is 12.8 Å². The molecule has 98 valence electrons. The molecule has 18 heavy (non-hydrogen) atoms. The largest absolute Gasteiger partial charge is 0.430 e. The first-order valence-electron chi connectivity index (χ1n) is 5.93. The van der Waals surface area contributed by atoms with Gasteiger partial charge < -0.3 is 9.73 Å². The maximum absolute atomic E-state index is 5.94. The van der Waals surface area contributed by atoms with Crippen LogP contribution in [0.2, 0.25) is 5.02 Å². The van der Waals surface area contributed by atoms with Crippen molar-refractivity contribution in [1.82, 2.24) is 20.1 Å². The second-order valence-corrected chi connectivity index (χ2v) is 5.06. The lowest BCUT2D eigenvalue weighted by Gasteiger charge is -2.04. The fourth-order valence-corrected chi connectivity index (χ4v) is 1.64. The highest BCUT2D eigenvalue weighted by Gasteiger charge is 2.09. The van der Waals surface area contributed by atoms with Crippen molar-refractivity contribution in [2.45, 2.75) is 27.3 Å². The van der Waals surface area contributed by atoms with Crippen LogP contribution in [0.5, 0.6) is 0 Å². The van der Waals surface area contributed by atoms with Crippen LogP contribution >= 0.6 is 11.6 Å². The summed E-state index contributed by atoms with van der Waals surface area (Å²) < 4.78 is 6.91. The number of halogens is 1. The van der Waals surface area contributed by atoms with E-state index in [1.807, 2.05) is 6.92 Å². The van der Waals surface area contributed by atoms with Crippen LogP contribution < -0.4 is 5.32 Å². The summed E-state index contributed by atoms with van der Waals surface area (Å²) in [5.74, 6) is 0.615. The Labute approximate surface area is 111 Å². The van der Waals surface area contributed by atoms with E-state index in [-0.39, 0.29) is 0 Å². The summed E-state index contributed by atoms with van der Waals surface area (Å²) in [5, 5.41) is 8.12. The predicted molar refractivity (Wildman–Crippen MR) is 69.9 cm³/mol. The molecular weight excluding hydrogens is 252 g/mol. The third kappa shape index (κ3) is 3.11. The van der Waals surface area contributed by atoms with Gasteiger partial charge in [-0.05, 0) is 19.4 Å². The Morgan fingerprint density at radius 2 is 2.28 bits per heavy atom. The van der Waals surface area contributed by atoms with E-state index in [9.17, 15) is 0 Å². The van der Waals surface area contributed by atoms with E-state index in [0.717, 1.165) is 17.9 Å². The molecule has 0 saturated heterocycles. The molecule has 6 heteroatoms. The zero-order valence-electron chi connectivity index (χ0n) is 10.8. The van der Waals surface area contributed by atoms with Gasteiger partial charge in [-0.25, -0.2) is 0 Å². The molecular formula is C12H17ClN4O. The number of nitrogens with one attached hydrogen (secondary N) is 1. The van der Waals surface area contributed by atoms with Gasteiger partial charge in [-0.15, -0.1) is 0 Å². The van der Waals surface area contributed by atoms with Gasteiger partial charge in [0.1, 0.15) is 6.26 Å². The summed E-state index contributed by atoms with van der Waals surface area (Å²) in [4.78, 5) is 4.34. The number of nitrogens with zero attached hydrogens (tertiary/aromatic N) is 3. The summed E-state index contributed by atoms with van der Waals surface area (Å²) >= 11 is 5.94.